The van der Waals surface area contributed by atoms with E-state index in [4.69, 9.17) is 4.42 Å². The van der Waals surface area contributed by atoms with E-state index in [1.165, 1.54) is 0 Å². The van der Waals surface area contributed by atoms with Crippen LogP contribution in [0.5, 0.6) is 5.75 Å². The van der Waals surface area contributed by atoms with Gasteiger partial charge in [-0.1, -0.05) is 40.2 Å². The molecule has 1 unspecified atom stereocenters. The predicted octanol–water partition coefficient (Wildman–Crippen LogP) is 3.51. The number of nitrogens with one attached hydrogen (secondary N) is 1. The first-order valence-corrected chi connectivity index (χ1v) is 8.70. The number of hydrogen-bond donors (Lipinski definition) is 3. The van der Waals surface area contributed by atoms with E-state index >= 15 is 0 Å². The Kier molecular flexibility index (Phi) is 5.39. The van der Waals surface area contributed by atoms with Crippen LogP contribution in [0.4, 0.5) is 5.82 Å². The molecule has 0 amide bonds. The quantitative estimate of drug-likeness (QED) is 0.588. The largest absolute Gasteiger partial charge is 0.502 e. The molecule has 2 heterocycles. The number of aliphatic hydroxyl groups is 1. The molecule has 1 aromatic carbocycles. The van der Waals surface area contributed by atoms with Gasteiger partial charge in [0.1, 0.15) is 24.2 Å². The third kappa shape index (κ3) is 3.79. The number of aliphatic hydroxyl groups excluding tert-OH is 1. The van der Waals surface area contributed by atoms with E-state index in [-0.39, 0.29) is 11.5 Å². The van der Waals surface area contributed by atoms with E-state index in [0.29, 0.717) is 5.82 Å². The first-order valence-electron chi connectivity index (χ1n) is 7.91. The number of pyridine rings is 1. The second kappa shape index (κ2) is 7.72. The van der Waals surface area contributed by atoms with Crippen molar-refractivity contribution in [2.45, 2.75) is 19.6 Å². The van der Waals surface area contributed by atoms with E-state index in [1.54, 1.807) is 6.07 Å². The lowest BCUT2D eigenvalue weighted by Crippen LogP contribution is -2.17. The second-order valence-electron chi connectivity index (χ2n) is 5.71. The molecule has 0 saturated heterocycles. The summed E-state index contributed by atoms with van der Waals surface area (Å²) in [5.41, 5.74) is 0.936. The third-order valence-corrected chi connectivity index (χ3v) is 4.54. The lowest BCUT2D eigenvalue weighted by atomic mass is 10.0. The minimum Gasteiger partial charge on any atom is -0.502 e. The molecule has 3 aromatic rings. The number of nitrogens with zero attached hydrogens (tertiary/aromatic N) is 1. The maximum absolute atomic E-state index is 12.1. The van der Waals surface area contributed by atoms with Crippen LogP contribution >= 0.6 is 15.9 Å². The molecule has 26 heavy (non-hydrogen) atoms. The summed E-state index contributed by atoms with van der Waals surface area (Å²) >= 11 is 3.49. The van der Waals surface area contributed by atoms with E-state index in [1.807, 2.05) is 43.3 Å². The van der Waals surface area contributed by atoms with Crippen LogP contribution in [0.15, 0.2) is 62.2 Å². The van der Waals surface area contributed by atoms with E-state index in [9.17, 15) is 15.0 Å². The molecule has 134 valence electrons. The van der Waals surface area contributed by atoms with Gasteiger partial charge in [-0.15, -0.1) is 0 Å². The van der Waals surface area contributed by atoms with E-state index in [0.717, 1.165) is 21.8 Å². The molecule has 0 saturated carbocycles. The van der Waals surface area contributed by atoms with Gasteiger partial charge in [0, 0.05) is 16.2 Å². The van der Waals surface area contributed by atoms with Crippen molar-refractivity contribution in [3.05, 3.63) is 86.0 Å². The van der Waals surface area contributed by atoms with Crippen LogP contribution in [0.2, 0.25) is 0 Å². The minimum atomic E-state index is -0.695. The molecule has 2 aromatic heterocycles. The SMILES string of the molecule is Cc1cccc(NC(c2ccccc2Br)c2oc(CO)cc(=O)c2O)n1. The van der Waals surface area contributed by atoms with Gasteiger partial charge in [-0.05, 0) is 30.7 Å². The smallest absolute Gasteiger partial charge is 0.227 e. The number of benzene rings is 1. The van der Waals surface area contributed by atoms with Crippen LogP contribution in [0.1, 0.15) is 28.8 Å². The standard InChI is InChI=1S/C19H17BrN2O4/c1-11-5-4-8-16(21-11)22-17(13-6-2-3-7-14(13)20)19-18(25)15(24)9-12(10-23)26-19/h2-9,17,23,25H,10H2,1H3,(H,21,22). The highest BCUT2D eigenvalue weighted by atomic mass is 79.9. The number of rotatable bonds is 5. The molecule has 0 aliphatic rings. The van der Waals surface area contributed by atoms with Gasteiger partial charge >= 0.3 is 0 Å². The number of hydrogen-bond acceptors (Lipinski definition) is 6. The zero-order valence-electron chi connectivity index (χ0n) is 13.9. The predicted molar refractivity (Wildman–Crippen MR) is 101 cm³/mol. The first-order chi connectivity index (χ1) is 12.5. The van der Waals surface area contributed by atoms with Gasteiger partial charge in [0.15, 0.2) is 5.76 Å². The maximum Gasteiger partial charge on any atom is 0.227 e. The van der Waals surface area contributed by atoms with Gasteiger partial charge in [0.25, 0.3) is 0 Å². The molecular weight excluding hydrogens is 400 g/mol. The zero-order chi connectivity index (χ0) is 18.7. The van der Waals surface area contributed by atoms with Crippen LogP contribution in [-0.4, -0.2) is 15.2 Å². The second-order valence-corrected chi connectivity index (χ2v) is 6.57. The molecule has 3 rings (SSSR count). The summed E-state index contributed by atoms with van der Waals surface area (Å²) in [7, 11) is 0. The molecule has 3 N–H and O–H groups in total. The Labute approximate surface area is 158 Å². The molecule has 7 heteroatoms. The minimum absolute atomic E-state index is 0.0109. The van der Waals surface area contributed by atoms with Gasteiger partial charge in [-0.25, -0.2) is 4.98 Å². The van der Waals surface area contributed by atoms with Gasteiger partial charge in [-0.2, -0.15) is 0 Å². The van der Waals surface area contributed by atoms with Crippen molar-refractivity contribution in [3.63, 3.8) is 0 Å². The van der Waals surface area contributed by atoms with Crippen molar-refractivity contribution in [2.24, 2.45) is 0 Å². The fraction of sp³-hybridized carbons (Fsp3) is 0.158. The monoisotopic (exact) mass is 416 g/mol. The molecule has 6 nitrogen and oxygen atoms in total. The topological polar surface area (TPSA) is 95.6 Å². The number of aromatic nitrogens is 1. The third-order valence-electron chi connectivity index (χ3n) is 3.81. The molecule has 0 bridgehead atoms. The van der Waals surface area contributed by atoms with Crippen LogP contribution in [0.25, 0.3) is 0 Å². The van der Waals surface area contributed by atoms with Crippen LogP contribution in [0.3, 0.4) is 0 Å². The Morgan fingerprint density at radius 2 is 2.00 bits per heavy atom. The van der Waals surface area contributed by atoms with Gasteiger partial charge in [0.05, 0.1) is 0 Å². The Bertz CT molecular complexity index is 987. The maximum atomic E-state index is 12.1. The van der Waals surface area contributed by atoms with E-state index < -0.39 is 23.8 Å². The normalized spacial score (nSPS) is 12.0. The summed E-state index contributed by atoms with van der Waals surface area (Å²) in [4.78, 5) is 16.5. The highest BCUT2D eigenvalue weighted by Gasteiger charge is 2.25. The van der Waals surface area contributed by atoms with Gasteiger partial charge in [-0.3, -0.25) is 4.79 Å². The van der Waals surface area contributed by atoms with Gasteiger partial charge in [0.2, 0.25) is 11.2 Å². The van der Waals surface area contributed by atoms with Gasteiger partial charge < -0.3 is 19.9 Å². The molecule has 0 fully saturated rings. The summed E-state index contributed by atoms with van der Waals surface area (Å²) < 4.78 is 6.37. The Morgan fingerprint density at radius 1 is 1.23 bits per heavy atom. The van der Waals surface area contributed by atoms with Crippen LogP contribution < -0.4 is 10.7 Å². The van der Waals surface area contributed by atoms with Crippen molar-refractivity contribution in [2.75, 3.05) is 5.32 Å². The lowest BCUT2D eigenvalue weighted by Gasteiger charge is -2.21. The summed E-state index contributed by atoms with van der Waals surface area (Å²) in [6.45, 7) is 1.41. The number of aryl methyl sites for hydroxylation is 1. The molecule has 0 spiro atoms. The summed E-state index contributed by atoms with van der Waals surface area (Å²) in [5, 5.41) is 22.9. The van der Waals surface area contributed by atoms with E-state index in [2.05, 4.69) is 26.2 Å². The van der Waals surface area contributed by atoms with Crippen molar-refractivity contribution in [3.8, 4) is 5.75 Å². The number of anilines is 1. The van der Waals surface area contributed by atoms with Crippen molar-refractivity contribution in [1.82, 2.24) is 4.98 Å². The molecule has 0 radical (unpaired) electrons. The zero-order valence-corrected chi connectivity index (χ0v) is 15.5. The van der Waals surface area contributed by atoms with Crippen molar-refractivity contribution < 1.29 is 14.6 Å². The molecular formula is C19H17BrN2O4. The average Bonchev–Trinajstić information content (AvgIpc) is 2.63. The number of halogens is 1. The summed E-state index contributed by atoms with van der Waals surface area (Å²) in [6.07, 6.45) is 0. The summed E-state index contributed by atoms with van der Waals surface area (Å²) in [6, 6.07) is 13.2. The van der Waals surface area contributed by atoms with Crippen molar-refractivity contribution >= 4 is 21.7 Å². The fourth-order valence-electron chi connectivity index (χ4n) is 2.59. The average molecular weight is 417 g/mol. The highest BCUT2D eigenvalue weighted by molar-refractivity contribution is 9.10. The molecule has 0 aliphatic heterocycles. The molecule has 0 aliphatic carbocycles. The summed E-state index contributed by atoms with van der Waals surface area (Å²) in [5.74, 6) is 0.126. The lowest BCUT2D eigenvalue weighted by molar-refractivity contribution is 0.234. The Morgan fingerprint density at radius 3 is 2.69 bits per heavy atom. The van der Waals surface area contributed by atoms with Crippen molar-refractivity contribution in [1.29, 1.82) is 0 Å². The first kappa shape index (κ1) is 18.2. The van der Waals surface area contributed by atoms with Crippen LogP contribution in [-0.2, 0) is 6.61 Å². The Balaban J connectivity index is 2.17. The fourth-order valence-corrected chi connectivity index (χ4v) is 3.11. The molecule has 1 atom stereocenters. The number of aromatic hydroxyl groups is 1. The highest BCUT2D eigenvalue weighted by Crippen LogP contribution is 2.34. The van der Waals surface area contributed by atoms with Crippen LogP contribution in [0, 0.1) is 6.92 Å². The Hall–Kier alpha value is -2.64.